The van der Waals surface area contributed by atoms with Crippen molar-refractivity contribution in [2.75, 3.05) is 0 Å². The highest BCUT2D eigenvalue weighted by Crippen LogP contribution is 2.24. The van der Waals surface area contributed by atoms with Gasteiger partial charge in [0.25, 0.3) is 0 Å². The van der Waals surface area contributed by atoms with Crippen LogP contribution in [0.2, 0.25) is 0 Å². The molecule has 0 aliphatic heterocycles. The largest absolute Gasteiger partial charge is 0.341 e. The number of halogens is 2. The summed E-state index contributed by atoms with van der Waals surface area (Å²) in [5.41, 5.74) is 2.06. The van der Waals surface area contributed by atoms with Gasteiger partial charge in [0.15, 0.2) is 0 Å². The van der Waals surface area contributed by atoms with E-state index < -0.39 is 0 Å². The van der Waals surface area contributed by atoms with Crippen LogP contribution in [-0.2, 0) is 7.05 Å². The highest BCUT2D eigenvalue weighted by atomic mass is 79.9. The van der Waals surface area contributed by atoms with Gasteiger partial charge in [-0.1, -0.05) is 15.9 Å². The molecule has 1 aromatic heterocycles. The van der Waals surface area contributed by atoms with Crippen LogP contribution in [0.1, 0.15) is 16.1 Å². The summed E-state index contributed by atoms with van der Waals surface area (Å²) in [5, 5.41) is 0.993. The van der Waals surface area contributed by atoms with E-state index in [1.807, 2.05) is 35.9 Å². The Kier molecular flexibility index (Phi) is 3.18. The van der Waals surface area contributed by atoms with Crippen molar-refractivity contribution in [3.63, 3.8) is 0 Å². The number of carbonyl (C=O) groups excluding carboxylic acids is 1. The van der Waals surface area contributed by atoms with Gasteiger partial charge in [-0.15, -0.1) is 0 Å². The molecule has 3 rings (SSSR count). The van der Waals surface area contributed by atoms with Crippen LogP contribution in [0.5, 0.6) is 0 Å². The molecule has 20 heavy (non-hydrogen) atoms. The van der Waals surface area contributed by atoms with Gasteiger partial charge in [0.2, 0.25) is 5.78 Å². The second kappa shape index (κ2) is 4.87. The number of aromatic nitrogens is 1. The lowest BCUT2D eigenvalue weighted by Crippen LogP contribution is -2.07. The van der Waals surface area contributed by atoms with Crippen molar-refractivity contribution < 1.29 is 9.18 Å². The fourth-order valence-corrected chi connectivity index (χ4v) is 2.67. The Morgan fingerprint density at radius 1 is 1.10 bits per heavy atom. The fourth-order valence-electron chi connectivity index (χ4n) is 2.29. The summed E-state index contributed by atoms with van der Waals surface area (Å²) < 4.78 is 15.7. The topological polar surface area (TPSA) is 22.0 Å². The number of rotatable bonds is 2. The van der Waals surface area contributed by atoms with Gasteiger partial charge in [-0.25, -0.2) is 4.39 Å². The summed E-state index contributed by atoms with van der Waals surface area (Å²) >= 11 is 3.42. The number of aryl methyl sites for hydroxylation is 1. The Morgan fingerprint density at radius 2 is 1.80 bits per heavy atom. The van der Waals surface area contributed by atoms with Gasteiger partial charge in [-0.05, 0) is 48.5 Å². The van der Waals surface area contributed by atoms with E-state index in [0.717, 1.165) is 15.4 Å². The number of hydrogen-bond acceptors (Lipinski definition) is 1. The van der Waals surface area contributed by atoms with Crippen molar-refractivity contribution in [3.05, 3.63) is 70.1 Å². The summed E-state index contributed by atoms with van der Waals surface area (Å²) in [6.07, 6.45) is 0. The maximum Gasteiger partial charge on any atom is 0.209 e. The molecule has 0 saturated carbocycles. The predicted molar refractivity (Wildman–Crippen MR) is 80.5 cm³/mol. The van der Waals surface area contributed by atoms with Gasteiger partial charge in [0, 0.05) is 28.0 Å². The Bertz CT molecular complexity index is 805. The molecule has 0 spiro atoms. The second-order valence-electron chi connectivity index (χ2n) is 4.63. The first-order chi connectivity index (χ1) is 9.56. The zero-order valence-corrected chi connectivity index (χ0v) is 12.3. The molecule has 0 atom stereocenters. The van der Waals surface area contributed by atoms with E-state index in [4.69, 9.17) is 0 Å². The molecule has 2 nitrogen and oxygen atoms in total. The first kappa shape index (κ1) is 13.1. The standard InChI is InChI=1S/C16H11BrFNO/c1-19-14-7-4-12(17)8-11(14)9-15(19)16(20)10-2-5-13(18)6-3-10/h2-9H,1H3. The van der Waals surface area contributed by atoms with Gasteiger partial charge < -0.3 is 4.57 Å². The van der Waals surface area contributed by atoms with Crippen molar-refractivity contribution in [2.24, 2.45) is 7.05 Å². The number of ketones is 1. The van der Waals surface area contributed by atoms with Crippen molar-refractivity contribution in [1.82, 2.24) is 4.57 Å². The maximum atomic E-state index is 12.9. The molecule has 0 bridgehead atoms. The van der Waals surface area contributed by atoms with Crippen LogP contribution >= 0.6 is 15.9 Å². The molecule has 100 valence electrons. The van der Waals surface area contributed by atoms with E-state index in [9.17, 15) is 9.18 Å². The zero-order chi connectivity index (χ0) is 14.3. The molecule has 0 aliphatic carbocycles. The SMILES string of the molecule is Cn1c(C(=O)c2ccc(F)cc2)cc2cc(Br)ccc21. The molecule has 3 aromatic rings. The smallest absolute Gasteiger partial charge is 0.209 e. The highest BCUT2D eigenvalue weighted by Gasteiger charge is 2.15. The van der Waals surface area contributed by atoms with E-state index in [1.165, 1.54) is 24.3 Å². The average molecular weight is 332 g/mol. The third kappa shape index (κ3) is 2.16. The number of fused-ring (bicyclic) bond motifs is 1. The third-order valence-electron chi connectivity index (χ3n) is 3.34. The van der Waals surface area contributed by atoms with Crippen LogP contribution in [0, 0.1) is 5.82 Å². The van der Waals surface area contributed by atoms with Crippen molar-refractivity contribution in [2.45, 2.75) is 0 Å². The predicted octanol–water partition coefficient (Wildman–Crippen LogP) is 4.31. The van der Waals surface area contributed by atoms with Gasteiger partial charge in [-0.3, -0.25) is 4.79 Å². The summed E-state index contributed by atoms with van der Waals surface area (Å²) in [6.45, 7) is 0. The third-order valence-corrected chi connectivity index (χ3v) is 3.84. The first-order valence-electron chi connectivity index (χ1n) is 6.11. The lowest BCUT2D eigenvalue weighted by Gasteiger charge is -2.03. The van der Waals surface area contributed by atoms with Gasteiger partial charge in [-0.2, -0.15) is 0 Å². The van der Waals surface area contributed by atoms with E-state index in [0.29, 0.717) is 11.3 Å². The van der Waals surface area contributed by atoms with E-state index in [-0.39, 0.29) is 11.6 Å². The lowest BCUT2D eigenvalue weighted by atomic mass is 10.1. The molecule has 0 saturated heterocycles. The molecule has 4 heteroatoms. The maximum absolute atomic E-state index is 12.9. The molecular weight excluding hydrogens is 321 g/mol. The Labute approximate surface area is 124 Å². The summed E-state index contributed by atoms with van der Waals surface area (Å²) in [6, 6.07) is 13.3. The van der Waals surface area contributed by atoms with Crippen molar-refractivity contribution in [3.8, 4) is 0 Å². The zero-order valence-electron chi connectivity index (χ0n) is 10.7. The van der Waals surface area contributed by atoms with E-state index in [2.05, 4.69) is 15.9 Å². The van der Waals surface area contributed by atoms with Gasteiger partial charge in [0.05, 0.1) is 5.69 Å². The van der Waals surface area contributed by atoms with Crippen LogP contribution in [-0.4, -0.2) is 10.4 Å². The fraction of sp³-hybridized carbons (Fsp3) is 0.0625. The molecule has 0 unspecified atom stereocenters. The number of hydrogen-bond donors (Lipinski definition) is 0. The molecule has 0 radical (unpaired) electrons. The van der Waals surface area contributed by atoms with Crippen LogP contribution < -0.4 is 0 Å². The van der Waals surface area contributed by atoms with Crippen LogP contribution in [0.25, 0.3) is 10.9 Å². The van der Waals surface area contributed by atoms with Crippen LogP contribution in [0.4, 0.5) is 4.39 Å². The minimum atomic E-state index is -0.345. The number of nitrogens with zero attached hydrogens (tertiary/aromatic N) is 1. The summed E-state index contributed by atoms with van der Waals surface area (Å²) in [5.74, 6) is -0.456. The van der Waals surface area contributed by atoms with Crippen molar-refractivity contribution in [1.29, 1.82) is 0 Å². The van der Waals surface area contributed by atoms with Gasteiger partial charge >= 0.3 is 0 Å². The lowest BCUT2D eigenvalue weighted by molar-refractivity contribution is 0.103. The molecule has 0 fully saturated rings. The van der Waals surface area contributed by atoms with E-state index in [1.54, 1.807) is 0 Å². The first-order valence-corrected chi connectivity index (χ1v) is 6.91. The summed E-state index contributed by atoms with van der Waals surface area (Å²) in [7, 11) is 1.85. The normalized spacial score (nSPS) is 10.9. The summed E-state index contributed by atoms with van der Waals surface area (Å²) in [4.78, 5) is 12.5. The average Bonchev–Trinajstić information content (AvgIpc) is 2.75. The molecule has 0 aliphatic rings. The number of carbonyl (C=O) groups is 1. The minimum Gasteiger partial charge on any atom is -0.341 e. The molecular formula is C16H11BrFNO. The van der Waals surface area contributed by atoms with E-state index >= 15 is 0 Å². The van der Waals surface area contributed by atoms with Crippen molar-refractivity contribution >= 4 is 32.6 Å². The quantitative estimate of drug-likeness (QED) is 0.641. The van der Waals surface area contributed by atoms with Crippen LogP contribution in [0.15, 0.2) is 53.0 Å². The monoisotopic (exact) mass is 331 g/mol. The highest BCUT2D eigenvalue weighted by molar-refractivity contribution is 9.10. The molecule has 1 heterocycles. The Morgan fingerprint density at radius 3 is 2.50 bits per heavy atom. The number of benzene rings is 2. The van der Waals surface area contributed by atoms with Crippen LogP contribution in [0.3, 0.4) is 0 Å². The Balaban J connectivity index is 2.12. The van der Waals surface area contributed by atoms with Gasteiger partial charge in [0.1, 0.15) is 5.82 Å². The minimum absolute atomic E-state index is 0.111. The Hall–Kier alpha value is -1.94. The second-order valence-corrected chi connectivity index (χ2v) is 5.54. The molecule has 0 N–H and O–H groups in total. The molecule has 2 aromatic carbocycles. The molecule has 0 amide bonds.